The van der Waals surface area contributed by atoms with Crippen LogP contribution in [-0.2, 0) is 4.79 Å². The number of halogens is 1. The number of rotatable bonds is 6. The minimum Gasteiger partial charge on any atom is -0.351 e. The number of amides is 2. The van der Waals surface area contributed by atoms with Crippen LogP contribution in [0.2, 0.25) is 0 Å². The van der Waals surface area contributed by atoms with Crippen molar-refractivity contribution in [2.24, 2.45) is 0 Å². The molecule has 1 aromatic heterocycles. The highest BCUT2D eigenvalue weighted by atomic mass is 32.1. The van der Waals surface area contributed by atoms with Crippen LogP contribution in [0.4, 0.5) is 10.1 Å². The maximum Gasteiger partial charge on any atom is 0.280 e. The molecule has 0 radical (unpaired) electrons. The van der Waals surface area contributed by atoms with Gasteiger partial charge in [0, 0.05) is 11.4 Å². The van der Waals surface area contributed by atoms with Crippen molar-refractivity contribution in [2.45, 2.75) is 44.7 Å². The number of benzene rings is 2. The standard InChI is InChI=1S/C23H23FN4O2S/c1-15-10-12-16(13-11-15)21(22(29)25-17-6-2-3-7-17)28(20-9-5-4-8-18(20)24)23(30)19-14-31-27-26-19/h4-5,8-14,17,21H,2-3,6-7H2,1H3,(H,25,29)/t21-/m1/s1. The summed E-state index contributed by atoms with van der Waals surface area (Å²) in [6.07, 6.45) is 3.91. The zero-order chi connectivity index (χ0) is 21.8. The van der Waals surface area contributed by atoms with Gasteiger partial charge >= 0.3 is 0 Å². The SMILES string of the molecule is Cc1ccc([C@H](C(=O)NC2CCCC2)N(C(=O)c2csnn2)c2ccccc2F)cc1. The molecule has 1 fully saturated rings. The molecule has 0 unspecified atom stereocenters. The predicted octanol–water partition coefficient (Wildman–Crippen LogP) is 4.43. The van der Waals surface area contributed by atoms with Crippen LogP contribution in [0.5, 0.6) is 0 Å². The van der Waals surface area contributed by atoms with Gasteiger partial charge in [-0.25, -0.2) is 4.39 Å². The monoisotopic (exact) mass is 438 g/mol. The second-order valence-electron chi connectivity index (χ2n) is 7.72. The van der Waals surface area contributed by atoms with Crippen LogP contribution < -0.4 is 10.2 Å². The van der Waals surface area contributed by atoms with Crippen molar-refractivity contribution in [2.75, 3.05) is 4.90 Å². The second kappa shape index (κ2) is 9.34. The summed E-state index contributed by atoms with van der Waals surface area (Å²) in [4.78, 5) is 28.2. The van der Waals surface area contributed by atoms with E-state index in [9.17, 15) is 14.0 Å². The third kappa shape index (κ3) is 4.64. The smallest absolute Gasteiger partial charge is 0.280 e. The third-order valence-electron chi connectivity index (χ3n) is 5.51. The van der Waals surface area contributed by atoms with E-state index >= 15 is 0 Å². The van der Waals surface area contributed by atoms with Gasteiger partial charge in [0.25, 0.3) is 5.91 Å². The molecule has 0 spiro atoms. The molecule has 1 saturated carbocycles. The third-order valence-corrected chi connectivity index (χ3v) is 6.02. The fraction of sp³-hybridized carbons (Fsp3) is 0.304. The van der Waals surface area contributed by atoms with Gasteiger partial charge in [0.2, 0.25) is 5.91 Å². The lowest BCUT2D eigenvalue weighted by molar-refractivity contribution is -0.123. The molecule has 4 rings (SSSR count). The van der Waals surface area contributed by atoms with Gasteiger partial charge in [0.15, 0.2) is 5.69 Å². The molecular weight excluding hydrogens is 415 g/mol. The fourth-order valence-corrected chi connectivity index (χ4v) is 4.34. The van der Waals surface area contributed by atoms with E-state index in [2.05, 4.69) is 14.9 Å². The van der Waals surface area contributed by atoms with Crippen LogP contribution in [0.3, 0.4) is 0 Å². The Labute approximate surface area is 184 Å². The van der Waals surface area contributed by atoms with E-state index in [4.69, 9.17) is 0 Å². The van der Waals surface area contributed by atoms with E-state index in [1.54, 1.807) is 24.3 Å². The molecule has 3 aromatic rings. The molecule has 8 heteroatoms. The molecule has 2 amide bonds. The average molecular weight is 439 g/mol. The van der Waals surface area contributed by atoms with Crippen LogP contribution >= 0.6 is 11.5 Å². The first-order valence-electron chi connectivity index (χ1n) is 10.3. The zero-order valence-electron chi connectivity index (χ0n) is 17.1. The van der Waals surface area contributed by atoms with Crippen LogP contribution in [0, 0.1) is 12.7 Å². The number of aromatic nitrogens is 2. The van der Waals surface area contributed by atoms with Crippen molar-refractivity contribution in [1.29, 1.82) is 0 Å². The number of anilines is 1. The summed E-state index contributed by atoms with van der Waals surface area (Å²) in [6.45, 7) is 1.94. The Bertz CT molecular complexity index is 1050. The molecule has 31 heavy (non-hydrogen) atoms. The molecule has 1 aliphatic rings. The van der Waals surface area contributed by atoms with Crippen molar-refractivity contribution in [3.63, 3.8) is 0 Å². The first-order chi connectivity index (χ1) is 15.0. The summed E-state index contributed by atoms with van der Waals surface area (Å²) >= 11 is 1.03. The van der Waals surface area contributed by atoms with E-state index < -0.39 is 17.8 Å². The number of nitrogens with one attached hydrogen (secondary N) is 1. The summed E-state index contributed by atoms with van der Waals surface area (Å²) in [5.74, 6) is -1.51. The number of hydrogen-bond donors (Lipinski definition) is 1. The molecule has 0 saturated heterocycles. The predicted molar refractivity (Wildman–Crippen MR) is 117 cm³/mol. The number of carbonyl (C=O) groups excluding carboxylic acids is 2. The highest BCUT2D eigenvalue weighted by molar-refractivity contribution is 7.03. The number of aryl methyl sites for hydroxylation is 1. The van der Waals surface area contributed by atoms with Crippen molar-refractivity contribution >= 4 is 29.0 Å². The van der Waals surface area contributed by atoms with Crippen molar-refractivity contribution in [3.05, 3.63) is 76.5 Å². The summed E-state index contributed by atoms with van der Waals surface area (Å²) in [5, 5.41) is 8.44. The summed E-state index contributed by atoms with van der Waals surface area (Å²) < 4.78 is 18.7. The lowest BCUT2D eigenvalue weighted by atomic mass is 10.0. The van der Waals surface area contributed by atoms with Gasteiger partial charge in [-0.3, -0.25) is 14.5 Å². The van der Waals surface area contributed by atoms with Crippen molar-refractivity contribution in [3.8, 4) is 0 Å². The Morgan fingerprint density at radius 2 is 1.84 bits per heavy atom. The maximum absolute atomic E-state index is 14.9. The average Bonchev–Trinajstić information content (AvgIpc) is 3.47. The molecule has 1 atom stereocenters. The molecule has 6 nitrogen and oxygen atoms in total. The van der Waals surface area contributed by atoms with Gasteiger partial charge in [-0.05, 0) is 49.0 Å². The van der Waals surface area contributed by atoms with Crippen LogP contribution in [0.15, 0.2) is 53.9 Å². The molecule has 1 heterocycles. The highest BCUT2D eigenvalue weighted by Crippen LogP contribution is 2.32. The minimum atomic E-state index is -1.05. The van der Waals surface area contributed by atoms with Crippen molar-refractivity contribution < 1.29 is 14.0 Å². The number of carbonyl (C=O) groups is 2. The first kappa shape index (κ1) is 21.1. The van der Waals surface area contributed by atoms with Crippen molar-refractivity contribution in [1.82, 2.24) is 14.9 Å². The Balaban J connectivity index is 1.82. The van der Waals surface area contributed by atoms with Gasteiger partial charge in [0.1, 0.15) is 11.9 Å². The Morgan fingerprint density at radius 1 is 1.13 bits per heavy atom. The molecule has 1 aliphatic carbocycles. The Kier molecular flexibility index (Phi) is 6.36. The number of hydrogen-bond acceptors (Lipinski definition) is 5. The molecule has 1 N–H and O–H groups in total. The number of para-hydroxylation sites is 1. The second-order valence-corrected chi connectivity index (χ2v) is 8.33. The fourth-order valence-electron chi connectivity index (χ4n) is 3.91. The molecule has 160 valence electrons. The topological polar surface area (TPSA) is 75.2 Å². The van der Waals surface area contributed by atoms with Crippen LogP contribution in [0.25, 0.3) is 0 Å². The van der Waals surface area contributed by atoms with Gasteiger partial charge < -0.3 is 5.32 Å². The number of nitrogens with zero attached hydrogens (tertiary/aromatic N) is 3. The van der Waals surface area contributed by atoms with Crippen LogP contribution in [-0.4, -0.2) is 27.4 Å². The van der Waals surface area contributed by atoms with E-state index in [1.165, 1.54) is 22.4 Å². The molecule has 0 aliphatic heterocycles. The van der Waals surface area contributed by atoms with E-state index in [-0.39, 0.29) is 23.3 Å². The van der Waals surface area contributed by atoms with Gasteiger partial charge in [0.05, 0.1) is 5.69 Å². The quantitative estimate of drug-likeness (QED) is 0.618. The lowest BCUT2D eigenvalue weighted by Crippen LogP contribution is -2.46. The molecule has 0 bridgehead atoms. The minimum absolute atomic E-state index is 0.0210. The van der Waals surface area contributed by atoms with Crippen LogP contribution in [0.1, 0.15) is 53.3 Å². The van der Waals surface area contributed by atoms with Gasteiger partial charge in [-0.2, -0.15) is 0 Å². The van der Waals surface area contributed by atoms with Gasteiger partial charge in [-0.1, -0.05) is 59.3 Å². The Hall–Kier alpha value is -3.13. The molecule has 2 aromatic carbocycles. The Morgan fingerprint density at radius 3 is 2.48 bits per heavy atom. The highest BCUT2D eigenvalue weighted by Gasteiger charge is 2.36. The maximum atomic E-state index is 14.9. The zero-order valence-corrected chi connectivity index (χ0v) is 17.9. The summed E-state index contributed by atoms with van der Waals surface area (Å²) in [7, 11) is 0. The van der Waals surface area contributed by atoms with E-state index in [0.717, 1.165) is 42.8 Å². The largest absolute Gasteiger partial charge is 0.351 e. The van der Waals surface area contributed by atoms with Gasteiger partial charge in [-0.15, -0.1) is 5.10 Å². The first-order valence-corrected chi connectivity index (χ1v) is 11.1. The summed E-state index contributed by atoms with van der Waals surface area (Å²) in [5.41, 5.74) is 1.71. The summed E-state index contributed by atoms with van der Waals surface area (Å²) in [6, 6.07) is 12.3. The lowest BCUT2D eigenvalue weighted by Gasteiger charge is -2.32. The molecular formula is C23H23FN4O2S. The van der Waals surface area contributed by atoms with E-state index in [0.29, 0.717) is 5.56 Å². The normalized spacial score (nSPS) is 14.9. The van der Waals surface area contributed by atoms with E-state index in [1.807, 2.05) is 19.1 Å².